The fourth-order valence-corrected chi connectivity index (χ4v) is 3.73. The smallest absolute Gasteiger partial charge is 0.252 e. The largest absolute Gasteiger partial charge is 0.365 e. The molecule has 1 aliphatic heterocycles. The van der Waals surface area contributed by atoms with Gasteiger partial charge in [0.2, 0.25) is 0 Å². The zero-order chi connectivity index (χ0) is 13.5. The molecule has 1 aliphatic carbocycles. The summed E-state index contributed by atoms with van der Waals surface area (Å²) in [6, 6.07) is 8.34. The van der Waals surface area contributed by atoms with Crippen molar-refractivity contribution in [2.75, 3.05) is 6.61 Å². The first-order valence-electron chi connectivity index (χ1n) is 6.77. The van der Waals surface area contributed by atoms with Crippen LogP contribution in [0.25, 0.3) is 0 Å². The number of hydrogen-bond donors (Lipinski definition) is 1. The Kier molecular flexibility index (Phi) is 3.39. The van der Waals surface area contributed by atoms with Crippen LogP contribution >= 0.6 is 15.9 Å². The monoisotopic (exact) mass is 323 g/mol. The topological polar surface area (TPSA) is 38.3 Å². The Morgan fingerprint density at radius 3 is 3.00 bits per heavy atom. The molecule has 0 aromatic heterocycles. The first-order chi connectivity index (χ1) is 9.10. The van der Waals surface area contributed by atoms with E-state index in [1.54, 1.807) is 0 Å². The summed E-state index contributed by atoms with van der Waals surface area (Å²) in [5, 5.41) is 3.16. The average Bonchev–Trinajstić information content (AvgIpc) is 2.96. The molecule has 102 valence electrons. The molecule has 3 unspecified atom stereocenters. The Hall–Kier alpha value is -0.870. The van der Waals surface area contributed by atoms with Gasteiger partial charge in [0.05, 0.1) is 6.04 Å². The van der Waals surface area contributed by atoms with E-state index in [4.69, 9.17) is 4.74 Å². The second-order valence-corrected chi connectivity index (χ2v) is 6.73. The second-order valence-electron chi connectivity index (χ2n) is 5.55. The summed E-state index contributed by atoms with van der Waals surface area (Å²) < 4.78 is 5.61. The molecule has 1 heterocycles. The fraction of sp³-hybridized carbons (Fsp3) is 0.533. The predicted octanol–water partition coefficient (Wildman–Crippen LogP) is 2.73. The molecule has 1 amide bonds. The third-order valence-corrected chi connectivity index (χ3v) is 5.00. The molecule has 0 bridgehead atoms. The Morgan fingerprint density at radius 2 is 2.26 bits per heavy atom. The molecule has 1 N–H and O–H groups in total. The fourth-order valence-electron chi connectivity index (χ4n) is 2.97. The molecule has 0 radical (unpaired) electrons. The van der Waals surface area contributed by atoms with Gasteiger partial charge in [0, 0.05) is 11.4 Å². The lowest BCUT2D eigenvalue weighted by molar-refractivity contribution is -0.140. The molecule has 1 saturated heterocycles. The normalized spacial score (nSPS) is 33.2. The molecule has 1 fully saturated rings. The van der Waals surface area contributed by atoms with Crippen LogP contribution in [0.15, 0.2) is 24.3 Å². The average molecular weight is 324 g/mol. The van der Waals surface area contributed by atoms with E-state index < -0.39 is 5.60 Å². The van der Waals surface area contributed by atoms with Gasteiger partial charge in [-0.2, -0.15) is 0 Å². The van der Waals surface area contributed by atoms with Crippen LogP contribution in [-0.2, 0) is 16.0 Å². The minimum atomic E-state index is -0.649. The summed E-state index contributed by atoms with van der Waals surface area (Å²) in [7, 11) is 0. The SMILES string of the molecule is CC1(C(=O)NC2c3ccccc3CC2Br)CCCO1. The van der Waals surface area contributed by atoms with Gasteiger partial charge in [-0.1, -0.05) is 40.2 Å². The minimum absolute atomic E-state index is 0.0103. The third-order valence-electron chi connectivity index (χ3n) is 4.15. The van der Waals surface area contributed by atoms with Crippen molar-refractivity contribution in [1.29, 1.82) is 0 Å². The molecule has 2 aliphatic rings. The van der Waals surface area contributed by atoms with Gasteiger partial charge < -0.3 is 10.1 Å². The number of nitrogens with one attached hydrogen (secondary N) is 1. The van der Waals surface area contributed by atoms with E-state index in [9.17, 15) is 4.79 Å². The van der Waals surface area contributed by atoms with Gasteiger partial charge in [0.1, 0.15) is 5.60 Å². The molecule has 4 heteroatoms. The molecule has 3 nitrogen and oxygen atoms in total. The van der Waals surface area contributed by atoms with Gasteiger partial charge in [-0.15, -0.1) is 0 Å². The van der Waals surface area contributed by atoms with Crippen LogP contribution in [-0.4, -0.2) is 22.9 Å². The highest BCUT2D eigenvalue weighted by atomic mass is 79.9. The van der Waals surface area contributed by atoms with E-state index in [0.29, 0.717) is 6.61 Å². The predicted molar refractivity (Wildman–Crippen MR) is 77.3 cm³/mol. The number of alkyl halides is 1. The molecule has 0 spiro atoms. The molecule has 3 rings (SSSR count). The summed E-state index contributed by atoms with van der Waals surface area (Å²) in [5.41, 5.74) is 1.89. The Morgan fingerprint density at radius 1 is 1.47 bits per heavy atom. The molecular weight excluding hydrogens is 306 g/mol. The van der Waals surface area contributed by atoms with Crippen molar-refractivity contribution in [3.63, 3.8) is 0 Å². The van der Waals surface area contributed by atoms with Crippen molar-refractivity contribution in [1.82, 2.24) is 5.32 Å². The standard InChI is InChI=1S/C15H18BrNO2/c1-15(7-4-8-19-15)14(18)17-13-11-6-3-2-5-10(11)9-12(13)16/h2-3,5-6,12-13H,4,7-9H2,1H3,(H,17,18). The number of carbonyl (C=O) groups is 1. The maximum atomic E-state index is 12.4. The van der Waals surface area contributed by atoms with Crippen LogP contribution in [0.3, 0.4) is 0 Å². The zero-order valence-corrected chi connectivity index (χ0v) is 12.6. The lowest BCUT2D eigenvalue weighted by atomic mass is 10.0. The number of fused-ring (bicyclic) bond motifs is 1. The molecule has 1 aromatic rings. The summed E-state index contributed by atoms with van der Waals surface area (Å²) >= 11 is 3.68. The van der Waals surface area contributed by atoms with E-state index >= 15 is 0 Å². The van der Waals surface area contributed by atoms with Crippen molar-refractivity contribution in [3.8, 4) is 0 Å². The van der Waals surface area contributed by atoms with Crippen molar-refractivity contribution in [2.24, 2.45) is 0 Å². The van der Waals surface area contributed by atoms with E-state index in [-0.39, 0.29) is 16.8 Å². The van der Waals surface area contributed by atoms with Crippen molar-refractivity contribution in [3.05, 3.63) is 35.4 Å². The molecule has 19 heavy (non-hydrogen) atoms. The maximum Gasteiger partial charge on any atom is 0.252 e. The van der Waals surface area contributed by atoms with Crippen molar-refractivity contribution >= 4 is 21.8 Å². The van der Waals surface area contributed by atoms with Crippen molar-refractivity contribution < 1.29 is 9.53 Å². The van der Waals surface area contributed by atoms with E-state index in [0.717, 1.165) is 19.3 Å². The van der Waals surface area contributed by atoms with E-state index in [1.807, 2.05) is 19.1 Å². The summed E-state index contributed by atoms with van der Waals surface area (Å²) in [6.45, 7) is 2.57. The third kappa shape index (κ3) is 2.32. The molecular formula is C15H18BrNO2. The van der Waals surface area contributed by atoms with E-state index in [1.165, 1.54) is 11.1 Å². The summed E-state index contributed by atoms with van der Waals surface area (Å²) in [4.78, 5) is 12.7. The molecule has 3 atom stereocenters. The number of hydrogen-bond acceptors (Lipinski definition) is 2. The molecule has 1 aromatic carbocycles. The highest BCUT2D eigenvalue weighted by molar-refractivity contribution is 9.09. The number of ether oxygens (including phenoxy) is 1. The quantitative estimate of drug-likeness (QED) is 0.850. The number of benzene rings is 1. The zero-order valence-electron chi connectivity index (χ0n) is 11.0. The molecule has 0 saturated carbocycles. The maximum absolute atomic E-state index is 12.4. The van der Waals surface area contributed by atoms with Gasteiger partial charge in [0.15, 0.2) is 0 Å². The number of halogens is 1. The van der Waals surface area contributed by atoms with Gasteiger partial charge in [-0.05, 0) is 37.3 Å². The van der Waals surface area contributed by atoms with Gasteiger partial charge in [-0.3, -0.25) is 4.79 Å². The Bertz CT molecular complexity index is 497. The highest BCUT2D eigenvalue weighted by Gasteiger charge is 2.41. The van der Waals surface area contributed by atoms with Crippen molar-refractivity contribution in [2.45, 2.75) is 42.7 Å². The van der Waals surface area contributed by atoms with Crippen LogP contribution in [0, 0.1) is 0 Å². The first kappa shape index (κ1) is 13.1. The van der Waals surface area contributed by atoms with Crippen LogP contribution in [0.4, 0.5) is 0 Å². The summed E-state index contributed by atoms with van der Waals surface area (Å²) in [5.74, 6) is 0.0103. The lowest BCUT2D eigenvalue weighted by Crippen LogP contribution is -2.46. The van der Waals surface area contributed by atoms with Gasteiger partial charge in [-0.25, -0.2) is 0 Å². The van der Waals surface area contributed by atoms with Crippen LogP contribution in [0.2, 0.25) is 0 Å². The summed E-state index contributed by atoms with van der Waals surface area (Å²) in [6.07, 6.45) is 2.72. The first-order valence-corrected chi connectivity index (χ1v) is 7.68. The Labute approximate surface area is 121 Å². The minimum Gasteiger partial charge on any atom is -0.365 e. The van der Waals surface area contributed by atoms with Crippen LogP contribution in [0.5, 0.6) is 0 Å². The van der Waals surface area contributed by atoms with Gasteiger partial charge in [0.25, 0.3) is 5.91 Å². The number of rotatable bonds is 2. The number of amides is 1. The number of carbonyl (C=O) groups excluding carboxylic acids is 1. The van der Waals surface area contributed by atoms with E-state index in [2.05, 4.69) is 33.4 Å². The lowest BCUT2D eigenvalue weighted by Gasteiger charge is -2.26. The Balaban J connectivity index is 1.78. The van der Waals surface area contributed by atoms with Crippen LogP contribution in [0.1, 0.15) is 36.9 Å². The van der Waals surface area contributed by atoms with Crippen LogP contribution < -0.4 is 5.32 Å². The highest BCUT2D eigenvalue weighted by Crippen LogP contribution is 2.36. The second kappa shape index (κ2) is 4.91. The van der Waals surface area contributed by atoms with Gasteiger partial charge >= 0.3 is 0 Å².